The molecule has 3 aromatic rings. The monoisotopic (exact) mass is 423 g/mol. The van der Waals surface area contributed by atoms with Crippen LogP contribution in [0, 0.1) is 0 Å². The second-order valence-electron chi connectivity index (χ2n) is 4.56. The molecule has 22 heavy (non-hydrogen) atoms. The zero-order valence-electron chi connectivity index (χ0n) is 11.5. The van der Waals surface area contributed by atoms with E-state index in [0.717, 1.165) is 19.8 Å². The van der Waals surface area contributed by atoms with Crippen molar-refractivity contribution in [2.75, 3.05) is 12.4 Å². The van der Waals surface area contributed by atoms with E-state index < -0.39 is 0 Å². The minimum Gasteiger partial charge on any atom is -0.481 e. The van der Waals surface area contributed by atoms with Crippen LogP contribution in [0.3, 0.4) is 0 Å². The molecule has 0 saturated carbocycles. The van der Waals surface area contributed by atoms with E-state index >= 15 is 0 Å². The average molecular weight is 425 g/mol. The molecule has 0 aliphatic heterocycles. The number of amides is 1. The van der Waals surface area contributed by atoms with Gasteiger partial charge in [0.05, 0.1) is 24.6 Å². The third-order valence-electron chi connectivity index (χ3n) is 3.17. The van der Waals surface area contributed by atoms with Gasteiger partial charge in [0, 0.05) is 32.1 Å². The van der Waals surface area contributed by atoms with E-state index in [2.05, 4.69) is 47.1 Å². The lowest BCUT2D eigenvalue weighted by Crippen LogP contribution is -2.11. The molecule has 0 spiro atoms. The zero-order chi connectivity index (χ0) is 15.7. The molecule has 0 bridgehead atoms. The van der Waals surface area contributed by atoms with Gasteiger partial charge in [-0.2, -0.15) is 0 Å². The van der Waals surface area contributed by atoms with Crippen LogP contribution < -0.4 is 10.1 Å². The number of ether oxygens (including phenoxy) is 1. The van der Waals surface area contributed by atoms with Gasteiger partial charge in [-0.15, -0.1) is 0 Å². The summed E-state index contributed by atoms with van der Waals surface area (Å²) in [6, 6.07) is 7.26. The number of hydrogen-bond acceptors (Lipinski definition) is 3. The first kappa shape index (κ1) is 15.1. The van der Waals surface area contributed by atoms with Gasteiger partial charge in [-0.25, -0.2) is 4.98 Å². The van der Waals surface area contributed by atoms with Gasteiger partial charge in [-0.1, -0.05) is 0 Å². The summed E-state index contributed by atoms with van der Waals surface area (Å²) < 4.78 is 6.80. The number of aromatic nitrogens is 2. The number of rotatable bonds is 3. The standard InChI is InChI=1S/C15H11Br2N3O2/c1-22-14-3-2-8(6-19-14)20-15(21)10-7-18-13-5-12(17)11(16)4-9(10)13/h2-7,18H,1H3,(H,20,21). The van der Waals surface area contributed by atoms with Crippen molar-refractivity contribution in [2.24, 2.45) is 0 Å². The number of nitrogens with one attached hydrogen (secondary N) is 2. The van der Waals surface area contributed by atoms with Crippen molar-refractivity contribution in [3.63, 3.8) is 0 Å². The van der Waals surface area contributed by atoms with Crippen LogP contribution >= 0.6 is 31.9 Å². The second-order valence-corrected chi connectivity index (χ2v) is 6.27. The Morgan fingerprint density at radius 1 is 1.27 bits per heavy atom. The van der Waals surface area contributed by atoms with Crippen molar-refractivity contribution >= 4 is 54.4 Å². The molecule has 1 amide bonds. The number of anilines is 1. The van der Waals surface area contributed by atoms with Crippen LogP contribution in [-0.4, -0.2) is 23.0 Å². The Morgan fingerprint density at radius 2 is 2.05 bits per heavy atom. The lowest BCUT2D eigenvalue weighted by Gasteiger charge is -2.05. The molecule has 0 fully saturated rings. The molecule has 0 radical (unpaired) electrons. The number of pyridine rings is 1. The quantitative estimate of drug-likeness (QED) is 0.656. The molecule has 0 aliphatic carbocycles. The number of hydrogen-bond donors (Lipinski definition) is 2. The van der Waals surface area contributed by atoms with E-state index in [0.29, 0.717) is 17.1 Å². The number of methoxy groups -OCH3 is 1. The van der Waals surface area contributed by atoms with Gasteiger partial charge in [0.1, 0.15) is 0 Å². The van der Waals surface area contributed by atoms with Gasteiger partial charge < -0.3 is 15.0 Å². The fourth-order valence-corrected chi connectivity index (χ4v) is 2.76. The summed E-state index contributed by atoms with van der Waals surface area (Å²) in [6.07, 6.45) is 3.24. The number of halogens is 2. The highest BCUT2D eigenvalue weighted by Crippen LogP contribution is 2.30. The summed E-state index contributed by atoms with van der Waals surface area (Å²) in [6.45, 7) is 0. The van der Waals surface area contributed by atoms with Gasteiger partial charge in [-0.3, -0.25) is 4.79 Å². The van der Waals surface area contributed by atoms with Gasteiger partial charge in [0.25, 0.3) is 5.91 Å². The number of benzene rings is 1. The molecule has 0 aliphatic rings. The maximum absolute atomic E-state index is 12.4. The topological polar surface area (TPSA) is 67.0 Å². The molecule has 3 rings (SSSR count). The molecule has 2 N–H and O–H groups in total. The Labute approximate surface area is 143 Å². The number of carbonyl (C=O) groups is 1. The summed E-state index contributed by atoms with van der Waals surface area (Å²) in [5.74, 6) is 0.298. The normalized spacial score (nSPS) is 10.7. The van der Waals surface area contributed by atoms with Crippen LogP contribution in [0.25, 0.3) is 10.9 Å². The number of aromatic amines is 1. The summed E-state index contributed by atoms with van der Waals surface area (Å²) in [5.41, 5.74) is 2.06. The highest BCUT2D eigenvalue weighted by Gasteiger charge is 2.14. The van der Waals surface area contributed by atoms with E-state index in [1.807, 2.05) is 12.1 Å². The Hall–Kier alpha value is -1.86. The summed E-state index contributed by atoms with van der Waals surface area (Å²) in [4.78, 5) is 19.6. The molecule has 1 aromatic carbocycles. The van der Waals surface area contributed by atoms with E-state index in [-0.39, 0.29) is 5.91 Å². The molecule has 0 saturated heterocycles. The maximum atomic E-state index is 12.4. The Bertz CT molecular complexity index is 844. The van der Waals surface area contributed by atoms with Crippen LogP contribution in [0.5, 0.6) is 5.88 Å². The van der Waals surface area contributed by atoms with Crippen molar-refractivity contribution in [1.29, 1.82) is 0 Å². The second kappa shape index (κ2) is 6.10. The summed E-state index contributed by atoms with van der Waals surface area (Å²) in [5, 5.41) is 3.66. The van der Waals surface area contributed by atoms with E-state index in [1.54, 1.807) is 31.6 Å². The lowest BCUT2D eigenvalue weighted by atomic mass is 10.1. The molecule has 2 heterocycles. The molecule has 7 heteroatoms. The zero-order valence-corrected chi connectivity index (χ0v) is 14.7. The first-order valence-corrected chi connectivity index (χ1v) is 7.94. The first-order chi connectivity index (χ1) is 10.6. The molecule has 112 valence electrons. The minimum absolute atomic E-state index is 0.201. The number of nitrogens with zero attached hydrogens (tertiary/aromatic N) is 1. The number of H-pyrrole nitrogens is 1. The van der Waals surface area contributed by atoms with Gasteiger partial charge in [0.15, 0.2) is 0 Å². The maximum Gasteiger partial charge on any atom is 0.257 e. The smallest absolute Gasteiger partial charge is 0.257 e. The fourth-order valence-electron chi connectivity index (χ4n) is 2.08. The third kappa shape index (κ3) is 2.86. The Kier molecular flexibility index (Phi) is 4.17. The van der Waals surface area contributed by atoms with Crippen molar-refractivity contribution in [2.45, 2.75) is 0 Å². The van der Waals surface area contributed by atoms with Gasteiger partial charge in [0.2, 0.25) is 5.88 Å². The van der Waals surface area contributed by atoms with E-state index in [1.165, 1.54) is 0 Å². The van der Waals surface area contributed by atoms with Crippen LogP contribution in [0.1, 0.15) is 10.4 Å². The highest BCUT2D eigenvalue weighted by molar-refractivity contribution is 9.13. The SMILES string of the molecule is COc1ccc(NC(=O)c2c[nH]c3cc(Br)c(Br)cc23)cn1. The van der Waals surface area contributed by atoms with E-state index in [4.69, 9.17) is 4.74 Å². The molecular formula is C15H11Br2N3O2. The molecule has 2 aromatic heterocycles. The van der Waals surface area contributed by atoms with Crippen molar-refractivity contribution in [3.8, 4) is 5.88 Å². The van der Waals surface area contributed by atoms with Crippen LogP contribution in [-0.2, 0) is 0 Å². The molecule has 0 atom stereocenters. The first-order valence-electron chi connectivity index (χ1n) is 6.36. The summed E-state index contributed by atoms with van der Waals surface area (Å²) >= 11 is 6.89. The van der Waals surface area contributed by atoms with Crippen LogP contribution in [0.15, 0.2) is 45.6 Å². The Morgan fingerprint density at radius 3 is 2.73 bits per heavy atom. The van der Waals surface area contributed by atoms with Crippen LogP contribution in [0.2, 0.25) is 0 Å². The molecule has 5 nitrogen and oxygen atoms in total. The molecular weight excluding hydrogens is 414 g/mol. The predicted molar refractivity (Wildman–Crippen MR) is 92.4 cm³/mol. The van der Waals surface area contributed by atoms with E-state index in [9.17, 15) is 4.79 Å². The number of carbonyl (C=O) groups excluding carboxylic acids is 1. The predicted octanol–water partition coefficient (Wildman–Crippen LogP) is 4.35. The molecule has 0 unspecified atom stereocenters. The van der Waals surface area contributed by atoms with Crippen LogP contribution in [0.4, 0.5) is 5.69 Å². The fraction of sp³-hybridized carbons (Fsp3) is 0.0667. The Balaban J connectivity index is 1.90. The average Bonchev–Trinajstić information content (AvgIpc) is 2.91. The van der Waals surface area contributed by atoms with Gasteiger partial charge >= 0.3 is 0 Å². The minimum atomic E-state index is -0.201. The van der Waals surface area contributed by atoms with Crippen molar-refractivity contribution in [3.05, 3.63) is 51.2 Å². The highest BCUT2D eigenvalue weighted by atomic mass is 79.9. The summed E-state index contributed by atoms with van der Waals surface area (Å²) in [7, 11) is 1.54. The third-order valence-corrected chi connectivity index (χ3v) is 5.01. The van der Waals surface area contributed by atoms with Crippen molar-refractivity contribution in [1.82, 2.24) is 9.97 Å². The lowest BCUT2D eigenvalue weighted by molar-refractivity contribution is 0.102. The largest absolute Gasteiger partial charge is 0.481 e. The number of fused-ring (bicyclic) bond motifs is 1. The van der Waals surface area contributed by atoms with Crippen molar-refractivity contribution < 1.29 is 9.53 Å². The van der Waals surface area contributed by atoms with Gasteiger partial charge in [-0.05, 0) is 50.1 Å².